The molecule has 1 aromatic rings. The minimum atomic E-state index is -0.135. The number of hydrogen-bond acceptors (Lipinski definition) is 3. The zero-order valence-corrected chi connectivity index (χ0v) is 10.2. The Labute approximate surface area is 101 Å². The lowest BCUT2D eigenvalue weighted by Crippen LogP contribution is -2.17. The van der Waals surface area contributed by atoms with Gasteiger partial charge in [0.1, 0.15) is 0 Å². The Morgan fingerprint density at radius 3 is 2.82 bits per heavy atom. The van der Waals surface area contributed by atoms with Crippen molar-refractivity contribution >= 4 is 5.97 Å². The van der Waals surface area contributed by atoms with Gasteiger partial charge < -0.3 is 9.30 Å². The standard InChI is InChI=1S/C13H19NO3/c1-2-17-13(16)9-4-3-6-10-14-11-7-5-8-12(14)15/h5,7-8,11H,2-4,6,9-10H2,1H3. The van der Waals surface area contributed by atoms with Crippen LogP contribution in [0.4, 0.5) is 0 Å². The summed E-state index contributed by atoms with van der Waals surface area (Å²) >= 11 is 0. The fraction of sp³-hybridized carbons (Fsp3) is 0.538. The fourth-order valence-electron chi connectivity index (χ4n) is 1.61. The highest BCUT2D eigenvalue weighted by Gasteiger charge is 2.00. The second-order valence-corrected chi connectivity index (χ2v) is 3.85. The first-order chi connectivity index (χ1) is 8.24. The van der Waals surface area contributed by atoms with Gasteiger partial charge in [-0.3, -0.25) is 9.59 Å². The smallest absolute Gasteiger partial charge is 0.305 e. The molecule has 0 aliphatic rings. The summed E-state index contributed by atoms with van der Waals surface area (Å²) in [5.74, 6) is -0.135. The van der Waals surface area contributed by atoms with E-state index in [-0.39, 0.29) is 11.5 Å². The molecule has 0 aromatic carbocycles. The monoisotopic (exact) mass is 237 g/mol. The quantitative estimate of drug-likeness (QED) is 0.538. The number of carbonyl (C=O) groups excluding carboxylic acids is 1. The zero-order chi connectivity index (χ0) is 12.5. The average molecular weight is 237 g/mol. The summed E-state index contributed by atoms with van der Waals surface area (Å²) in [5.41, 5.74) is 0.0258. The topological polar surface area (TPSA) is 48.3 Å². The molecule has 0 atom stereocenters. The number of ether oxygens (including phenoxy) is 1. The highest BCUT2D eigenvalue weighted by molar-refractivity contribution is 5.69. The Balaban J connectivity index is 2.15. The molecular weight excluding hydrogens is 218 g/mol. The van der Waals surface area contributed by atoms with Crippen LogP contribution < -0.4 is 5.56 Å². The van der Waals surface area contributed by atoms with Gasteiger partial charge in [-0.25, -0.2) is 0 Å². The second-order valence-electron chi connectivity index (χ2n) is 3.85. The molecule has 0 radical (unpaired) electrons. The van der Waals surface area contributed by atoms with Crippen molar-refractivity contribution < 1.29 is 9.53 Å². The highest BCUT2D eigenvalue weighted by atomic mass is 16.5. The number of carbonyl (C=O) groups is 1. The van der Waals surface area contributed by atoms with Gasteiger partial charge in [0.2, 0.25) is 5.56 Å². The molecule has 0 saturated carbocycles. The molecule has 0 amide bonds. The molecule has 1 aromatic heterocycles. The van der Waals surface area contributed by atoms with Crippen LogP contribution in [0.15, 0.2) is 29.2 Å². The van der Waals surface area contributed by atoms with Crippen molar-refractivity contribution in [2.75, 3.05) is 6.61 Å². The van der Waals surface area contributed by atoms with Crippen molar-refractivity contribution in [3.05, 3.63) is 34.7 Å². The Kier molecular flexibility index (Phi) is 6.07. The first-order valence-electron chi connectivity index (χ1n) is 6.05. The third-order valence-corrected chi connectivity index (χ3v) is 2.48. The first-order valence-corrected chi connectivity index (χ1v) is 6.05. The Morgan fingerprint density at radius 2 is 2.12 bits per heavy atom. The fourth-order valence-corrected chi connectivity index (χ4v) is 1.61. The molecule has 4 heteroatoms. The molecular formula is C13H19NO3. The highest BCUT2D eigenvalue weighted by Crippen LogP contribution is 2.02. The van der Waals surface area contributed by atoms with Crippen molar-refractivity contribution in [3.63, 3.8) is 0 Å². The van der Waals surface area contributed by atoms with Crippen LogP contribution in [0, 0.1) is 0 Å². The van der Waals surface area contributed by atoms with Gasteiger partial charge in [-0.15, -0.1) is 0 Å². The molecule has 0 unspecified atom stereocenters. The van der Waals surface area contributed by atoms with Gasteiger partial charge >= 0.3 is 5.97 Å². The van der Waals surface area contributed by atoms with Crippen molar-refractivity contribution in [2.24, 2.45) is 0 Å². The Morgan fingerprint density at radius 1 is 1.29 bits per heavy atom. The van der Waals surface area contributed by atoms with Crippen molar-refractivity contribution in [3.8, 4) is 0 Å². The number of unbranched alkanes of at least 4 members (excludes halogenated alkanes) is 2. The molecule has 0 bridgehead atoms. The van der Waals surface area contributed by atoms with Crippen LogP contribution in [-0.4, -0.2) is 17.1 Å². The van der Waals surface area contributed by atoms with Gasteiger partial charge in [0.15, 0.2) is 0 Å². The Bertz CT molecular complexity index is 398. The van der Waals surface area contributed by atoms with Crippen LogP contribution in [0.25, 0.3) is 0 Å². The SMILES string of the molecule is CCOC(=O)CCCCCn1ccccc1=O. The summed E-state index contributed by atoms with van der Waals surface area (Å²) in [6, 6.07) is 5.14. The summed E-state index contributed by atoms with van der Waals surface area (Å²) in [4.78, 5) is 22.4. The van der Waals surface area contributed by atoms with E-state index in [1.807, 2.05) is 6.07 Å². The summed E-state index contributed by atoms with van der Waals surface area (Å²) in [6.45, 7) is 2.96. The summed E-state index contributed by atoms with van der Waals surface area (Å²) < 4.78 is 6.52. The van der Waals surface area contributed by atoms with Crippen LogP contribution >= 0.6 is 0 Å². The molecule has 0 fully saturated rings. The number of aromatic nitrogens is 1. The minimum Gasteiger partial charge on any atom is -0.466 e. The lowest BCUT2D eigenvalue weighted by molar-refractivity contribution is -0.143. The van der Waals surface area contributed by atoms with E-state index in [2.05, 4.69) is 0 Å². The molecule has 17 heavy (non-hydrogen) atoms. The number of pyridine rings is 1. The van der Waals surface area contributed by atoms with Gasteiger partial charge in [-0.2, -0.15) is 0 Å². The summed E-state index contributed by atoms with van der Waals surface area (Å²) in [7, 11) is 0. The Hall–Kier alpha value is -1.58. The number of aryl methyl sites for hydroxylation is 1. The lowest BCUT2D eigenvalue weighted by atomic mass is 10.2. The molecule has 0 aliphatic carbocycles. The number of esters is 1. The minimum absolute atomic E-state index is 0.0258. The van der Waals surface area contributed by atoms with Crippen LogP contribution in [0.5, 0.6) is 0 Å². The zero-order valence-electron chi connectivity index (χ0n) is 10.2. The first kappa shape index (κ1) is 13.5. The van der Waals surface area contributed by atoms with E-state index in [9.17, 15) is 9.59 Å². The van der Waals surface area contributed by atoms with Crippen LogP contribution in [0.3, 0.4) is 0 Å². The van der Waals surface area contributed by atoms with Gasteiger partial charge in [-0.05, 0) is 25.8 Å². The number of rotatable bonds is 7. The van der Waals surface area contributed by atoms with E-state index >= 15 is 0 Å². The van der Waals surface area contributed by atoms with E-state index in [0.29, 0.717) is 19.6 Å². The largest absolute Gasteiger partial charge is 0.466 e. The van der Waals surface area contributed by atoms with Crippen LogP contribution in [-0.2, 0) is 16.1 Å². The maximum atomic E-state index is 11.4. The van der Waals surface area contributed by atoms with Crippen molar-refractivity contribution in [1.82, 2.24) is 4.57 Å². The van der Waals surface area contributed by atoms with Gasteiger partial charge in [0.05, 0.1) is 6.61 Å². The molecule has 94 valence electrons. The summed E-state index contributed by atoms with van der Waals surface area (Å²) in [6.07, 6.45) is 4.91. The normalized spacial score (nSPS) is 10.2. The molecule has 0 saturated heterocycles. The lowest BCUT2D eigenvalue weighted by Gasteiger charge is -2.04. The predicted molar refractivity (Wildman–Crippen MR) is 65.8 cm³/mol. The van der Waals surface area contributed by atoms with Crippen molar-refractivity contribution in [1.29, 1.82) is 0 Å². The molecule has 1 heterocycles. The van der Waals surface area contributed by atoms with Gasteiger partial charge in [0.25, 0.3) is 0 Å². The number of hydrogen-bond donors (Lipinski definition) is 0. The maximum absolute atomic E-state index is 11.4. The number of nitrogens with zero attached hydrogens (tertiary/aromatic N) is 1. The van der Waals surface area contributed by atoms with Gasteiger partial charge in [0, 0.05) is 25.2 Å². The van der Waals surface area contributed by atoms with E-state index in [1.165, 1.54) is 0 Å². The molecule has 1 rings (SSSR count). The molecule has 4 nitrogen and oxygen atoms in total. The molecule has 0 aliphatic heterocycles. The van der Waals surface area contributed by atoms with E-state index in [0.717, 1.165) is 19.3 Å². The van der Waals surface area contributed by atoms with Crippen molar-refractivity contribution in [2.45, 2.75) is 39.2 Å². The van der Waals surface area contributed by atoms with E-state index in [4.69, 9.17) is 4.74 Å². The van der Waals surface area contributed by atoms with Gasteiger partial charge in [-0.1, -0.05) is 12.5 Å². The second kappa shape index (κ2) is 7.65. The molecule has 0 spiro atoms. The average Bonchev–Trinajstić information content (AvgIpc) is 2.31. The molecule has 0 N–H and O–H groups in total. The third kappa shape index (κ3) is 5.33. The third-order valence-electron chi connectivity index (χ3n) is 2.48. The maximum Gasteiger partial charge on any atom is 0.305 e. The van der Waals surface area contributed by atoms with Crippen LogP contribution in [0.1, 0.15) is 32.6 Å². The van der Waals surface area contributed by atoms with E-state index in [1.54, 1.807) is 29.8 Å². The van der Waals surface area contributed by atoms with E-state index < -0.39 is 0 Å². The predicted octanol–water partition coefficient (Wildman–Crippen LogP) is 1.97. The van der Waals surface area contributed by atoms with Crippen LogP contribution in [0.2, 0.25) is 0 Å². The summed E-state index contributed by atoms with van der Waals surface area (Å²) in [5, 5.41) is 0.